The van der Waals surface area contributed by atoms with Crippen LogP contribution in [0.15, 0.2) is 30.3 Å². The van der Waals surface area contributed by atoms with Gasteiger partial charge in [0.2, 0.25) is 0 Å². The van der Waals surface area contributed by atoms with Crippen LogP contribution in [0.1, 0.15) is 80.2 Å². The summed E-state index contributed by atoms with van der Waals surface area (Å²) in [4.78, 5) is 14.9. The van der Waals surface area contributed by atoms with E-state index in [1.54, 1.807) is 0 Å². The molecule has 1 saturated heterocycles. The van der Waals surface area contributed by atoms with Crippen LogP contribution in [0.4, 0.5) is 11.4 Å². The molecule has 3 atom stereocenters. The molecule has 0 aromatic heterocycles. The van der Waals surface area contributed by atoms with Crippen molar-refractivity contribution in [1.29, 1.82) is 0 Å². The van der Waals surface area contributed by atoms with Crippen molar-refractivity contribution in [2.24, 2.45) is 11.3 Å². The number of rotatable bonds is 9. The highest BCUT2D eigenvalue weighted by Crippen LogP contribution is 2.44. The van der Waals surface area contributed by atoms with Crippen LogP contribution in [0.5, 0.6) is 0 Å². The Hall–Kier alpha value is -2.37. The molecule has 0 spiro atoms. The number of nitrogens with one attached hydrogen (secondary N) is 1. The summed E-state index contributed by atoms with van der Waals surface area (Å²) >= 11 is 0. The number of aldehydes is 1. The number of aryl methyl sites for hydroxylation is 1. The molecule has 196 valence electrons. The minimum atomic E-state index is -0.577. The Bertz CT molecular complexity index is 1080. The van der Waals surface area contributed by atoms with Crippen molar-refractivity contribution in [3.63, 3.8) is 0 Å². The van der Waals surface area contributed by atoms with Crippen molar-refractivity contribution in [3.8, 4) is 0 Å². The van der Waals surface area contributed by atoms with Crippen LogP contribution in [0.2, 0.25) is 0 Å². The molecule has 3 unspecified atom stereocenters. The minimum absolute atomic E-state index is 0.0855. The summed E-state index contributed by atoms with van der Waals surface area (Å²) in [6, 6.07) is 10.9. The number of nitrogens with two attached hydrogens (primary N) is 1. The van der Waals surface area contributed by atoms with Crippen LogP contribution < -0.4 is 11.1 Å². The SMILES string of the molecule is CCC1CN(Cc2cc(C(c3ccc(NC)c(N)c3C)C(C)(C)C=O)ccc2C)CCC(C2CC2)O1. The zero-order valence-electron chi connectivity index (χ0n) is 23.1. The lowest BCUT2D eigenvalue weighted by Gasteiger charge is -2.33. The molecule has 2 aromatic rings. The first-order valence-corrected chi connectivity index (χ1v) is 13.7. The lowest BCUT2D eigenvalue weighted by Crippen LogP contribution is -2.31. The monoisotopic (exact) mass is 491 g/mol. The van der Waals surface area contributed by atoms with E-state index in [-0.39, 0.29) is 5.92 Å². The van der Waals surface area contributed by atoms with Gasteiger partial charge in [0.15, 0.2) is 0 Å². The fraction of sp³-hybridized carbons (Fsp3) is 0.581. The molecule has 5 nitrogen and oxygen atoms in total. The molecule has 4 rings (SSSR count). The molecule has 0 amide bonds. The van der Waals surface area contributed by atoms with E-state index in [1.165, 1.54) is 29.5 Å². The molecule has 36 heavy (non-hydrogen) atoms. The summed E-state index contributed by atoms with van der Waals surface area (Å²) in [7, 11) is 1.88. The van der Waals surface area contributed by atoms with Gasteiger partial charge in [-0.2, -0.15) is 0 Å². The normalized spacial score (nSPS) is 22.2. The third kappa shape index (κ3) is 5.63. The van der Waals surface area contributed by atoms with Crippen molar-refractivity contribution in [2.45, 2.75) is 85.0 Å². The second-order valence-electron chi connectivity index (χ2n) is 11.6. The van der Waals surface area contributed by atoms with E-state index in [1.807, 2.05) is 27.0 Å². The van der Waals surface area contributed by atoms with Gasteiger partial charge in [0, 0.05) is 38.0 Å². The van der Waals surface area contributed by atoms with Crippen molar-refractivity contribution < 1.29 is 9.53 Å². The van der Waals surface area contributed by atoms with Crippen LogP contribution in [0.3, 0.4) is 0 Å². The second kappa shape index (κ2) is 10.9. The number of hydrogen-bond acceptors (Lipinski definition) is 5. The van der Waals surface area contributed by atoms with Gasteiger partial charge in [-0.3, -0.25) is 4.90 Å². The maximum atomic E-state index is 12.3. The Morgan fingerprint density at radius 1 is 1.19 bits per heavy atom. The average Bonchev–Trinajstić information content (AvgIpc) is 3.71. The molecular formula is C31H45N3O2. The largest absolute Gasteiger partial charge is 0.397 e. The van der Waals surface area contributed by atoms with E-state index in [0.29, 0.717) is 12.2 Å². The van der Waals surface area contributed by atoms with Crippen LogP contribution in [-0.4, -0.2) is 43.5 Å². The molecule has 1 aliphatic carbocycles. The van der Waals surface area contributed by atoms with Gasteiger partial charge in [-0.05, 0) is 79.3 Å². The number of nitrogen functional groups attached to an aromatic ring is 1. The first-order valence-electron chi connectivity index (χ1n) is 13.7. The van der Waals surface area contributed by atoms with Crippen LogP contribution >= 0.6 is 0 Å². The highest BCUT2D eigenvalue weighted by atomic mass is 16.5. The lowest BCUT2D eigenvalue weighted by atomic mass is 9.70. The minimum Gasteiger partial charge on any atom is -0.397 e. The Labute approximate surface area is 217 Å². The Morgan fingerprint density at radius 3 is 2.58 bits per heavy atom. The van der Waals surface area contributed by atoms with E-state index in [2.05, 4.69) is 55.3 Å². The number of anilines is 2. The molecule has 0 radical (unpaired) electrons. The van der Waals surface area contributed by atoms with Gasteiger partial charge in [-0.1, -0.05) is 45.0 Å². The molecule has 3 N–H and O–H groups in total. The fourth-order valence-electron chi connectivity index (χ4n) is 5.87. The quantitative estimate of drug-likeness (QED) is 0.329. The van der Waals surface area contributed by atoms with Crippen molar-refractivity contribution in [1.82, 2.24) is 4.90 Å². The number of nitrogens with zero attached hydrogens (tertiary/aromatic N) is 1. The molecule has 0 bridgehead atoms. The van der Waals surface area contributed by atoms with Crippen molar-refractivity contribution in [3.05, 3.63) is 58.1 Å². The van der Waals surface area contributed by atoms with Gasteiger partial charge in [0.05, 0.1) is 23.6 Å². The molecule has 2 fully saturated rings. The number of benzene rings is 2. The molecule has 1 aliphatic heterocycles. The van der Waals surface area contributed by atoms with Gasteiger partial charge >= 0.3 is 0 Å². The summed E-state index contributed by atoms with van der Waals surface area (Å²) in [5, 5.41) is 3.17. The number of ether oxygens (including phenoxy) is 1. The Morgan fingerprint density at radius 2 is 1.94 bits per heavy atom. The molecule has 5 heteroatoms. The summed E-state index contributed by atoms with van der Waals surface area (Å²) in [5.41, 5.74) is 13.5. The first-order chi connectivity index (χ1) is 17.2. The van der Waals surface area contributed by atoms with Crippen LogP contribution in [0.25, 0.3) is 0 Å². The van der Waals surface area contributed by atoms with Crippen LogP contribution in [-0.2, 0) is 16.1 Å². The van der Waals surface area contributed by atoms with Gasteiger partial charge in [-0.15, -0.1) is 0 Å². The van der Waals surface area contributed by atoms with E-state index >= 15 is 0 Å². The fourth-order valence-corrected chi connectivity index (χ4v) is 5.87. The Balaban J connectivity index is 1.66. The lowest BCUT2D eigenvalue weighted by molar-refractivity contribution is -0.115. The molecule has 1 heterocycles. The van der Waals surface area contributed by atoms with Crippen molar-refractivity contribution >= 4 is 17.7 Å². The van der Waals surface area contributed by atoms with Gasteiger partial charge in [0.25, 0.3) is 0 Å². The first kappa shape index (κ1) is 26.7. The van der Waals surface area contributed by atoms with Crippen LogP contribution in [0, 0.1) is 25.2 Å². The van der Waals surface area contributed by atoms with E-state index < -0.39 is 5.41 Å². The Kier molecular flexibility index (Phi) is 8.11. The third-order valence-electron chi connectivity index (χ3n) is 8.45. The van der Waals surface area contributed by atoms with E-state index in [4.69, 9.17) is 10.5 Å². The number of carbonyl (C=O) groups excluding carboxylic acids is 1. The summed E-state index contributed by atoms with van der Waals surface area (Å²) in [6.45, 7) is 13.5. The van der Waals surface area contributed by atoms with Gasteiger partial charge in [-0.25, -0.2) is 0 Å². The van der Waals surface area contributed by atoms with E-state index in [0.717, 1.165) is 67.2 Å². The molecular weight excluding hydrogens is 446 g/mol. The maximum Gasteiger partial charge on any atom is 0.126 e. The summed E-state index contributed by atoms with van der Waals surface area (Å²) < 4.78 is 6.51. The highest BCUT2D eigenvalue weighted by Gasteiger charge is 2.36. The van der Waals surface area contributed by atoms with Crippen molar-refractivity contribution in [2.75, 3.05) is 31.2 Å². The third-order valence-corrected chi connectivity index (χ3v) is 8.45. The number of carbonyl (C=O) groups is 1. The predicted molar refractivity (Wildman–Crippen MR) is 150 cm³/mol. The number of hydrogen-bond donors (Lipinski definition) is 2. The standard InChI is InChI=1S/C31H45N3O2/c1-7-25-18-34(15-14-28(36-25)22-10-11-22)17-24-16-23(9-8-20(24)2)29(31(4,5)19-35)26-12-13-27(33-6)30(32)21(26)3/h8-9,12-13,16,19,22,25,28-29,33H,7,10-11,14-15,17-18,32H2,1-6H3. The smallest absolute Gasteiger partial charge is 0.126 e. The zero-order valence-corrected chi connectivity index (χ0v) is 23.1. The topological polar surface area (TPSA) is 67.6 Å². The predicted octanol–water partition coefficient (Wildman–Crippen LogP) is 6.06. The molecule has 2 aromatic carbocycles. The van der Waals surface area contributed by atoms with Gasteiger partial charge < -0.3 is 20.6 Å². The molecule has 2 aliphatic rings. The second-order valence-corrected chi connectivity index (χ2v) is 11.6. The molecule has 1 saturated carbocycles. The maximum absolute atomic E-state index is 12.3. The summed E-state index contributed by atoms with van der Waals surface area (Å²) in [5.74, 6) is 0.693. The zero-order chi connectivity index (χ0) is 26.0. The average molecular weight is 492 g/mol. The highest BCUT2D eigenvalue weighted by molar-refractivity contribution is 5.73. The van der Waals surface area contributed by atoms with Gasteiger partial charge in [0.1, 0.15) is 6.29 Å². The van der Waals surface area contributed by atoms with E-state index in [9.17, 15) is 4.79 Å². The summed E-state index contributed by atoms with van der Waals surface area (Å²) in [6.07, 6.45) is 6.66.